The van der Waals surface area contributed by atoms with Crippen molar-refractivity contribution in [2.24, 2.45) is 0 Å². The lowest BCUT2D eigenvalue weighted by Gasteiger charge is -2.37. The van der Waals surface area contributed by atoms with E-state index >= 15 is 0 Å². The lowest BCUT2D eigenvalue weighted by atomic mass is 10.1. The zero-order valence-electron chi connectivity index (χ0n) is 18.2. The number of aromatic nitrogens is 4. The zero-order valence-corrected chi connectivity index (χ0v) is 18.2. The molecular formula is C26H26N6. The first kappa shape index (κ1) is 19.1. The van der Waals surface area contributed by atoms with E-state index in [2.05, 4.69) is 81.2 Å². The number of likely N-dealkylation sites (tertiary alicyclic amines) is 1. The van der Waals surface area contributed by atoms with E-state index in [0.29, 0.717) is 0 Å². The maximum absolute atomic E-state index is 4.75. The third-order valence-electron chi connectivity index (χ3n) is 6.47. The second-order valence-corrected chi connectivity index (χ2v) is 8.50. The number of fused-ring (bicyclic) bond motifs is 1. The van der Waals surface area contributed by atoms with E-state index in [4.69, 9.17) is 5.10 Å². The molecule has 0 N–H and O–H groups in total. The number of hydrogen-bond donors (Lipinski definition) is 0. The van der Waals surface area contributed by atoms with Crippen LogP contribution in [0, 0.1) is 6.92 Å². The van der Waals surface area contributed by atoms with Crippen LogP contribution in [-0.4, -0.2) is 43.3 Å². The van der Waals surface area contributed by atoms with Gasteiger partial charge in [0.05, 0.1) is 11.4 Å². The lowest BCUT2D eigenvalue weighted by Crippen LogP contribution is -2.44. The minimum absolute atomic E-state index is 0.273. The van der Waals surface area contributed by atoms with Gasteiger partial charge in [-0.2, -0.15) is 5.10 Å². The van der Waals surface area contributed by atoms with Crippen molar-refractivity contribution in [3.63, 3.8) is 0 Å². The van der Waals surface area contributed by atoms with Crippen LogP contribution >= 0.6 is 0 Å². The van der Waals surface area contributed by atoms with Crippen LogP contribution in [0.2, 0.25) is 0 Å². The maximum Gasteiger partial charge on any atom is 0.140 e. The van der Waals surface area contributed by atoms with Crippen LogP contribution in [0.1, 0.15) is 18.4 Å². The maximum atomic E-state index is 4.75. The van der Waals surface area contributed by atoms with Gasteiger partial charge in [-0.25, -0.2) is 4.52 Å². The number of allylic oxidation sites excluding steroid dienone is 2. The van der Waals surface area contributed by atoms with E-state index in [1.807, 2.05) is 29.0 Å². The quantitative estimate of drug-likeness (QED) is 0.473. The molecule has 2 aliphatic heterocycles. The Morgan fingerprint density at radius 3 is 2.75 bits per heavy atom. The van der Waals surface area contributed by atoms with E-state index < -0.39 is 0 Å². The molecular weight excluding hydrogens is 396 g/mol. The minimum Gasteiger partial charge on any atom is -0.328 e. The molecule has 3 aromatic heterocycles. The van der Waals surface area contributed by atoms with Gasteiger partial charge in [0.25, 0.3) is 0 Å². The van der Waals surface area contributed by atoms with E-state index in [9.17, 15) is 0 Å². The predicted molar refractivity (Wildman–Crippen MR) is 128 cm³/mol. The number of benzene rings is 1. The highest BCUT2D eigenvalue weighted by Gasteiger charge is 2.26. The van der Waals surface area contributed by atoms with E-state index in [1.165, 1.54) is 29.8 Å². The summed E-state index contributed by atoms with van der Waals surface area (Å²) in [6, 6.07) is 12.8. The van der Waals surface area contributed by atoms with E-state index in [1.54, 1.807) is 6.20 Å². The number of hydrogen-bond acceptors (Lipinski definition) is 4. The fraction of sp³-hybridized carbons (Fsp3) is 0.231. The van der Waals surface area contributed by atoms with Crippen LogP contribution in [0.4, 0.5) is 5.69 Å². The van der Waals surface area contributed by atoms with E-state index in [-0.39, 0.29) is 6.17 Å². The summed E-state index contributed by atoms with van der Waals surface area (Å²) in [7, 11) is 0. The summed E-state index contributed by atoms with van der Waals surface area (Å²) >= 11 is 0. The van der Waals surface area contributed by atoms with Crippen molar-refractivity contribution in [2.45, 2.75) is 25.9 Å². The Kier molecular flexibility index (Phi) is 4.65. The first-order valence-corrected chi connectivity index (χ1v) is 11.2. The molecule has 0 amide bonds. The summed E-state index contributed by atoms with van der Waals surface area (Å²) in [6.45, 7) is 4.48. The average Bonchev–Trinajstić information content (AvgIpc) is 3.58. The number of rotatable bonds is 4. The molecule has 0 aliphatic carbocycles. The molecule has 1 saturated heterocycles. The molecule has 6 heteroatoms. The average molecular weight is 423 g/mol. The van der Waals surface area contributed by atoms with Crippen LogP contribution in [0.15, 0.2) is 85.6 Å². The van der Waals surface area contributed by atoms with Crippen molar-refractivity contribution in [1.29, 1.82) is 0 Å². The Labute approximate surface area is 187 Å². The second-order valence-electron chi connectivity index (χ2n) is 8.50. The first-order chi connectivity index (χ1) is 15.8. The molecule has 0 radical (unpaired) electrons. The van der Waals surface area contributed by atoms with Gasteiger partial charge >= 0.3 is 0 Å². The smallest absolute Gasteiger partial charge is 0.140 e. The molecule has 32 heavy (non-hydrogen) atoms. The van der Waals surface area contributed by atoms with Crippen molar-refractivity contribution in [2.75, 3.05) is 18.0 Å². The molecule has 1 unspecified atom stereocenters. The van der Waals surface area contributed by atoms with Crippen LogP contribution in [-0.2, 0) is 0 Å². The highest BCUT2D eigenvalue weighted by Crippen LogP contribution is 2.30. The third kappa shape index (κ3) is 3.24. The molecule has 4 aromatic rings. The Morgan fingerprint density at radius 2 is 1.91 bits per heavy atom. The first-order valence-electron chi connectivity index (χ1n) is 11.2. The summed E-state index contributed by atoms with van der Waals surface area (Å²) < 4.78 is 4.16. The molecule has 6 rings (SSSR count). The number of nitrogens with zero attached hydrogens (tertiary/aromatic N) is 6. The molecule has 1 aromatic carbocycles. The minimum atomic E-state index is 0.273. The van der Waals surface area contributed by atoms with Crippen molar-refractivity contribution in [3.8, 4) is 16.9 Å². The Bertz CT molecular complexity index is 1310. The topological polar surface area (TPSA) is 41.6 Å². The summed E-state index contributed by atoms with van der Waals surface area (Å²) in [4.78, 5) is 9.18. The molecule has 1 atom stereocenters. The van der Waals surface area contributed by atoms with Gasteiger partial charge in [0.2, 0.25) is 0 Å². The van der Waals surface area contributed by atoms with Gasteiger partial charge in [0.1, 0.15) is 11.8 Å². The summed E-state index contributed by atoms with van der Waals surface area (Å²) in [5.74, 6) is 0. The number of pyridine rings is 1. The monoisotopic (exact) mass is 422 g/mol. The Balaban J connectivity index is 1.40. The summed E-state index contributed by atoms with van der Waals surface area (Å²) in [5, 5.41) is 4.75. The van der Waals surface area contributed by atoms with Crippen LogP contribution < -0.4 is 4.90 Å². The molecule has 6 nitrogen and oxygen atoms in total. The van der Waals surface area contributed by atoms with Gasteiger partial charge in [-0.15, -0.1) is 0 Å². The van der Waals surface area contributed by atoms with Gasteiger partial charge in [-0.1, -0.05) is 12.1 Å². The Morgan fingerprint density at radius 1 is 1.00 bits per heavy atom. The van der Waals surface area contributed by atoms with Crippen molar-refractivity contribution < 1.29 is 0 Å². The van der Waals surface area contributed by atoms with Crippen molar-refractivity contribution >= 4 is 11.3 Å². The Hall–Kier alpha value is -3.64. The van der Waals surface area contributed by atoms with Gasteiger partial charge in [-0.3, -0.25) is 14.5 Å². The third-order valence-corrected chi connectivity index (χ3v) is 6.47. The number of anilines is 1. The van der Waals surface area contributed by atoms with Crippen molar-refractivity contribution in [3.05, 3.63) is 91.2 Å². The van der Waals surface area contributed by atoms with Crippen LogP contribution in [0.25, 0.3) is 22.6 Å². The SMILES string of the molecule is Cc1ccc(N2C=CC=CC2N2CCCC2)cc1-n1ccn2nc(-c3cccnc3)cc12. The van der Waals surface area contributed by atoms with Gasteiger partial charge in [-0.05, 0) is 61.7 Å². The summed E-state index contributed by atoms with van der Waals surface area (Å²) in [6.07, 6.45) is 19.4. The van der Waals surface area contributed by atoms with Crippen LogP contribution in [0.3, 0.4) is 0 Å². The zero-order chi connectivity index (χ0) is 21.5. The standard InChI is InChI=1S/C26H26N6/c1-20-9-10-22(30-14-3-2-8-25(30)29-12-4-5-13-29)17-24(20)31-15-16-32-26(31)18-23(28-32)21-7-6-11-27-19-21/h2-3,6-11,14-19,25H,4-5,12-13H2,1H3. The molecule has 5 heterocycles. The second kappa shape index (κ2) is 7.80. The normalized spacial score (nSPS) is 18.8. The molecule has 0 saturated carbocycles. The highest BCUT2D eigenvalue weighted by molar-refractivity contribution is 5.67. The molecule has 160 valence electrons. The van der Waals surface area contributed by atoms with E-state index in [0.717, 1.165) is 30.0 Å². The number of aryl methyl sites for hydroxylation is 1. The fourth-order valence-electron chi connectivity index (χ4n) is 4.79. The van der Waals surface area contributed by atoms with Gasteiger partial charge in [0.15, 0.2) is 0 Å². The molecule has 0 bridgehead atoms. The predicted octanol–water partition coefficient (Wildman–Crippen LogP) is 4.81. The largest absolute Gasteiger partial charge is 0.328 e. The van der Waals surface area contributed by atoms with Crippen molar-refractivity contribution in [1.82, 2.24) is 24.1 Å². The lowest BCUT2D eigenvalue weighted by molar-refractivity contribution is 0.285. The molecule has 0 spiro atoms. The molecule has 1 fully saturated rings. The van der Waals surface area contributed by atoms with Gasteiger partial charge < -0.3 is 4.90 Å². The molecule has 2 aliphatic rings. The highest BCUT2D eigenvalue weighted by atomic mass is 15.4. The summed E-state index contributed by atoms with van der Waals surface area (Å²) in [5.41, 5.74) is 6.57. The fourth-order valence-corrected chi connectivity index (χ4v) is 4.79. The van der Waals surface area contributed by atoms with Crippen LogP contribution in [0.5, 0.6) is 0 Å². The van der Waals surface area contributed by atoms with Gasteiger partial charge in [0, 0.05) is 61.4 Å². The number of imidazole rings is 1.